The summed E-state index contributed by atoms with van der Waals surface area (Å²) in [5.74, 6) is 0.979. The van der Waals surface area contributed by atoms with Crippen LogP contribution in [-0.2, 0) is 6.54 Å². The molecule has 1 atom stereocenters. The summed E-state index contributed by atoms with van der Waals surface area (Å²) < 4.78 is 13.4. The molecule has 1 aliphatic heterocycles. The molecule has 3 rings (SSSR count). The molecule has 0 amide bonds. The fourth-order valence-electron chi connectivity index (χ4n) is 2.75. The zero-order valence-electron chi connectivity index (χ0n) is 13.0. The van der Waals surface area contributed by atoms with Crippen LogP contribution in [0.4, 0.5) is 4.39 Å². The van der Waals surface area contributed by atoms with E-state index in [2.05, 4.69) is 26.1 Å². The third kappa shape index (κ3) is 2.73. The van der Waals surface area contributed by atoms with Gasteiger partial charge in [0.2, 0.25) is 0 Å². The zero-order valence-corrected chi connectivity index (χ0v) is 13.7. The highest BCUT2D eigenvalue weighted by atomic mass is 35.5. The van der Waals surface area contributed by atoms with Gasteiger partial charge in [-0.25, -0.2) is 14.4 Å². The molecule has 116 valence electrons. The highest BCUT2D eigenvalue weighted by Crippen LogP contribution is 2.33. The highest BCUT2D eigenvalue weighted by Gasteiger charge is 2.24. The average molecular weight is 320 g/mol. The Kier molecular flexibility index (Phi) is 4.15. The molecule has 1 aromatic carbocycles. The molecular weight excluding hydrogens is 301 g/mol. The van der Waals surface area contributed by atoms with Crippen LogP contribution in [-0.4, -0.2) is 16.5 Å². The van der Waals surface area contributed by atoms with Crippen molar-refractivity contribution in [2.45, 2.75) is 39.2 Å². The van der Waals surface area contributed by atoms with Gasteiger partial charge < -0.3 is 5.32 Å². The summed E-state index contributed by atoms with van der Waals surface area (Å²) >= 11 is 5.94. The van der Waals surface area contributed by atoms with Crippen LogP contribution in [0.3, 0.4) is 0 Å². The SMILES string of the molecule is CC(C)c1nc(-c2ccc(F)c(Cl)c2)c2c(n1)C(C)CNC2. The molecule has 22 heavy (non-hydrogen) atoms. The third-order valence-corrected chi connectivity index (χ3v) is 4.27. The molecule has 1 aliphatic rings. The van der Waals surface area contributed by atoms with Crippen molar-refractivity contribution in [2.75, 3.05) is 6.54 Å². The summed E-state index contributed by atoms with van der Waals surface area (Å²) in [5, 5.41) is 3.51. The molecule has 0 aliphatic carbocycles. The lowest BCUT2D eigenvalue weighted by molar-refractivity contribution is 0.547. The van der Waals surface area contributed by atoms with Gasteiger partial charge in [-0.1, -0.05) is 32.4 Å². The van der Waals surface area contributed by atoms with Crippen LogP contribution >= 0.6 is 11.6 Å². The van der Waals surface area contributed by atoms with E-state index in [4.69, 9.17) is 21.6 Å². The molecule has 0 bridgehead atoms. The summed E-state index contributed by atoms with van der Waals surface area (Å²) in [4.78, 5) is 9.49. The molecule has 5 heteroatoms. The molecule has 0 spiro atoms. The van der Waals surface area contributed by atoms with E-state index in [0.717, 1.165) is 41.4 Å². The second kappa shape index (κ2) is 5.94. The lowest BCUT2D eigenvalue weighted by Crippen LogP contribution is -2.29. The molecule has 0 radical (unpaired) electrons. The van der Waals surface area contributed by atoms with Gasteiger partial charge in [-0.15, -0.1) is 0 Å². The Morgan fingerprint density at radius 3 is 2.77 bits per heavy atom. The Labute approximate surface area is 134 Å². The van der Waals surface area contributed by atoms with Crippen LogP contribution in [0.25, 0.3) is 11.3 Å². The lowest BCUT2D eigenvalue weighted by atomic mass is 9.93. The van der Waals surface area contributed by atoms with Gasteiger partial charge >= 0.3 is 0 Å². The van der Waals surface area contributed by atoms with Crippen LogP contribution in [0.15, 0.2) is 18.2 Å². The number of rotatable bonds is 2. The first-order valence-corrected chi connectivity index (χ1v) is 7.92. The van der Waals surface area contributed by atoms with E-state index in [1.54, 1.807) is 12.1 Å². The minimum atomic E-state index is -0.413. The van der Waals surface area contributed by atoms with E-state index in [0.29, 0.717) is 5.92 Å². The van der Waals surface area contributed by atoms with Crippen LogP contribution in [0.5, 0.6) is 0 Å². The predicted molar refractivity (Wildman–Crippen MR) is 86.6 cm³/mol. The molecule has 2 aromatic rings. The number of nitrogens with one attached hydrogen (secondary N) is 1. The van der Waals surface area contributed by atoms with E-state index >= 15 is 0 Å². The minimum absolute atomic E-state index is 0.118. The van der Waals surface area contributed by atoms with E-state index in [9.17, 15) is 4.39 Å². The Bertz CT molecular complexity index is 715. The van der Waals surface area contributed by atoms with Gasteiger partial charge in [0.05, 0.1) is 16.4 Å². The maximum atomic E-state index is 13.4. The van der Waals surface area contributed by atoms with E-state index < -0.39 is 5.82 Å². The second-order valence-corrected chi connectivity index (χ2v) is 6.52. The number of fused-ring (bicyclic) bond motifs is 1. The molecule has 1 unspecified atom stereocenters. The molecule has 1 aromatic heterocycles. The number of nitrogens with zero attached hydrogens (tertiary/aromatic N) is 2. The third-order valence-electron chi connectivity index (χ3n) is 3.98. The number of halogens is 2. The highest BCUT2D eigenvalue weighted by molar-refractivity contribution is 6.31. The molecule has 0 saturated carbocycles. The molecular formula is C17H19ClFN3. The predicted octanol–water partition coefficient (Wildman–Crippen LogP) is 4.27. The van der Waals surface area contributed by atoms with Gasteiger partial charge in [-0.3, -0.25) is 0 Å². The maximum absolute atomic E-state index is 13.4. The van der Waals surface area contributed by atoms with E-state index in [1.165, 1.54) is 6.07 Å². The minimum Gasteiger partial charge on any atom is -0.312 e. The fourth-order valence-corrected chi connectivity index (χ4v) is 2.93. The first-order valence-electron chi connectivity index (χ1n) is 7.54. The number of aromatic nitrogens is 2. The topological polar surface area (TPSA) is 37.8 Å². The smallest absolute Gasteiger partial charge is 0.141 e. The summed E-state index contributed by atoms with van der Waals surface area (Å²) in [6, 6.07) is 4.76. The Hall–Kier alpha value is -1.52. The molecule has 1 N–H and O–H groups in total. The van der Waals surface area contributed by atoms with Gasteiger partial charge in [0.1, 0.15) is 11.6 Å². The van der Waals surface area contributed by atoms with Crippen molar-refractivity contribution in [3.05, 3.63) is 46.1 Å². The van der Waals surface area contributed by atoms with Crippen LogP contribution in [0.1, 0.15) is 49.7 Å². The normalized spacial score (nSPS) is 17.6. The Morgan fingerprint density at radius 2 is 2.09 bits per heavy atom. The summed E-state index contributed by atoms with van der Waals surface area (Å²) in [6.07, 6.45) is 0. The standard InChI is InChI=1S/C17H19ClFN3/c1-9(2)17-21-15-10(3)7-20-8-12(15)16(22-17)11-4-5-14(19)13(18)6-11/h4-6,9-10,20H,7-8H2,1-3H3. The second-order valence-electron chi connectivity index (χ2n) is 6.11. The fraction of sp³-hybridized carbons (Fsp3) is 0.412. The number of hydrogen-bond acceptors (Lipinski definition) is 3. The molecule has 3 nitrogen and oxygen atoms in total. The van der Waals surface area contributed by atoms with Crippen molar-refractivity contribution in [3.63, 3.8) is 0 Å². The van der Waals surface area contributed by atoms with Crippen molar-refractivity contribution >= 4 is 11.6 Å². The summed E-state index contributed by atoms with van der Waals surface area (Å²) in [6.45, 7) is 7.95. The zero-order chi connectivity index (χ0) is 15.9. The van der Waals surface area contributed by atoms with Crippen molar-refractivity contribution in [3.8, 4) is 11.3 Å². The summed E-state index contributed by atoms with van der Waals surface area (Å²) in [5.41, 5.74) is 3.87. The van der Waals surface area contributed by atoms with Gasteiger partial charge in [0.25, 0.3) is 0 Å². The Morgan fingerprint density at radius 1 is 1.32 bits per heavy atom. The van der Waals surface area contributed by atoms with Crippen molar-refractivity contribution in [2.24, 2.45) is 0 Å². The molecule has 0 saturated heterocycles. The maximum Gasteiger partial charge on any atom is 0.141 e. The van der Waals surface area contributed by atoms with Crippen LogP contribution < -0.4 is 5.32 Å². The van der Waals surface area contributed by atoms with Gasteiger partial charge in [-0.2, -0.15) is 0 Å². The average Bonchev–Trinajstić information content (AvgIpc) is 2.49. The van der Waals surface area contributed by atoms with Crippen LogP contribution in [0, 0.1) is 5.82 Å². The summed E-state index contributed by atoms with van der Waals surface area (Å²) in [7, 11) is 0. The molecule has 0 fully saturated rings. The largest absolute Gasteiger partial charge is 0.312 e. The Balaban J connectivity index is 2.22. The first-order chi connectivity index (χ1) is 10.5. The van der Waals surface area contributed by atoms with E-state index in [-0.39, 0.29) is 10.9 Å². The quantitative estimate of drug-likeness (QED) is 0.898. The van der Waals surface area contributed by atoms with Crippen molar-refractivity contribution in [1.82, 2.24) is 15.3 Å². The van der Waals surface area contributed by atoms with Crippen LogP contribution in [0.2, 0.25) is 5.02 Å². The van der Waals surface area contributed by atoms with Gasteiger partial charge in [0.15, 0.2) is 0 Å². The van der Waals surface area contributed by atoms with Gasteiger partial charge in [0, 0.05) is 36.1 Å². The first kappa shape index (κ1) is 15.4. The number of benzene rings is 1. The lowest BCUT2D eigenvalue weighted by Gasteiger charge is -2.25. The number of hydrogen-bond donors (Lipinski definition) is 1. The van der Waals surface area contributed by atoms with E-state index in [1.807, 2.05) is 0 Å². The monoisotopic (exact) mass is 319 g/mol. The molecule has 2 heterocycles. The van der Waals surface area contributed by atoms with Crippen molar-refractivity contribution in [1.29, 1.82) is 0 Å². The van der Waals surface area contributed by atoms with Crippen molar-refractivity contribution < 1.29 is 4.39 Å². The van der Waals surface area contributed by atoms with Gasteiger partial charge in [-0.05, 0) is 18.2 Å².